The van der Waals surface area contributed by atoms with E-state index in [1.165, 1.54) is 0 Å². The first kappa shape index (κ1) is 12.3. The molecule has 6 heteroatoms. The van der Waals surface area contributed by atoms with Crippen LogP contribution >= 0.6 is 0 Å². The van der Waals surface area contributed by atoms with Gasteiger partial charge in [0.05, 0.1) is 0 Å². The van der Waals surface area contributed by atoms with Gasteiger partial charge in [0.2, 0.25) is 5.91 Å². The summed E-state index contributed by atoms with van der Waals surface area (Å²) in [6, 6.07) is 5.49. The topological polar surface area (TPSA) is 83.3 Å². The Hall–Kier alpha value is -1.82. The zero-order valence-corrected chi connectivity index (χ0v) is 9.53. The summed E-state index contributed by atoms with van der Waals surface area (Å²) in [5.41, 5.74) is 2.48. The summed E-state index contributed by atoms with van der Waals surface area (Å²) in [6.07, 6.45) is 0.439. The average molecular weight is 223 g/mol. The van der Waals surface area contributed by atoms with E-state index in [0.29, 0.717) is 18.8 Å². The molecular formula is C10H17N5O. The lowest BCUT2D eigenvalue weighted by Crippen LogP contribution is -2.27. The molecule has 0 unspecified atom stereocenters. The van der Waals surface area contributed by atoms with Gasteiger partial charge in [-0.05, 0) is 12.1 Å². The van der Waals surface area contributed by atoms with Crippen molar-refractivity contribution in [1.82, 2.24) is 10.3 Å². The van der Waals surface area contributed by atoms with Gasteiger partial charge in [0, 0.05) is 27.1 Å². The number of amides is 1. The molecule has 1 heterocycles. The second-order valence-electron chi connectivity index (χ2n) is 3.37. The molecule has 0 aliphatic heterocycles. The molecule has 6 nitrogen and oxygen atoms in total. The Labute approximate surface area is 94.8 Å². The van der Waals surface area contributed by atoms with E-state index in [4.69, 9.17) is 5.84 Å². The largest absolute Gasteiger partial charge is 0.359 e. The van der Waals surface area contributed by atoms with Crippen molar-refractivity contribution in [2.75, 3.05) is 31.0 Å². The molecular weight excluding hydrogens is 206 g/mol. The first-order valence-electron chi connectivity index (χ1n) is 5.02. The maximum Gasteiger partial charge on any atom is 0.221 e. The number of pyridine rings is 1. The Bertz CT molecular complexity index is 355. The molecule has 4 N–H and O–H groups in total. The molecule has 1 amide bonds. The molecule has 16 heavy (non-hydrogen) atoms. The summed E-state index contributed by atoms with van der Waals surface area (Å²) in [5.74, 6) is 6.66. The zero-order valence-electron chi connectivity index (χ0n) is 9.53. The molecule has 88 valence electrons. The van der Waals surface area contributed by atoms with Gasteiger partial charge in [0.25, 0.3) is 0 Å². The molecule has 0 fully saturated rings. The quantitative estimate of drug-likeness (QED) is 0.481. The number of nitrogens with zero attached hydrogens (tertiary/aromatic N) is 2. The number of carbonyl (C=O) groups excluding carboxylic acids is 1. The van der Waals surface area contributed by atoms with Crippen molar-refractivity contribution in [2.24, 2.45) is 5.84 Å². The average Bonchev–Trinajstić information content (AvgIpc) is 2.35. The van der Waals surface area contributed by atoms with E-state index in [0.717, 1.165) is 5.82 Å². The number of nitrogens with two attached hydrogens (primary N) is 1. The van der Waals surface area contributed by atoms with Crippen molar-refractivity contribution in [3.8, 4) is 0 Å². The Morgan fingerprint density at radius 2 is 2.31 bits per heavy atom. The molecule has 0 aliphatic rings. The van der Waals surface area contributed by atoms with Crippen molar-refractivity contribution in [3.05, 3.63) is 18.2 Å². The van der Waals surface area contributed by atoms with Crippen molar-refractivity contribution >= 4 is 17.5 Å². The standard InChI is InChI=1S/C10H17N5O/c1-12-10(16)6-7-15(2)9-5-3-4-8(13-9)14-11/h3-5H,6-7,11H2,1-2H3,(H,12,16)(H,13,14). The molecule has 1 aromatic heterocycles. The molecule has 0 spiro atoms. The highest BCUT2D eigenvalue weighted by Gasteiger charge is 2.05. The predicted octanol–water partition coefficient (Wildman–Crippen LogP) is -0.0605. The van der Waals surface area contributed by atoms with E-state index in [2.05, 4.69) is 15.7 Å². The fourth-order valence-corrected chi connectivity index (χ4v) is 1.23. The summed E-state index contributed by atoms with van der Waals surface area (Å²) >= 11 is 0. The SMILES string of the molecule is CNC(=O)CCN(C)c1cccc(NN)n1. The van der Waals surface area contributed by atoms with Gasteiger partial charge in [-0.25, -0.2) is 10.8 Å². The fraction of sp³-hybridized carbons (Fsp3) is 0.400. The minimum absolute atomic E-state index is 0.0138. The molecule has 0 aliphatic carbocycles. The van der Waals surface area contributed by atoms with Crippen molar-refractivity contribution in [1.29, 1.82) is 0 Å². The number of anilines is 2. The zero-order chi connectivity index (χ0) is 12.0. The molecule has 0 bridgehead atoms. The van der Waals surface area contributed by atoms with Crippen LogP contribution in [0.3, 0.4) is 0 Å². The summed E-state index contributed by atoms with van der Waals surface area (Å²) < 4.78 is 0. The minimum atomic E-state index is 0.0138. The van der Waals surface area contributed by atoms with Crippen LogP contribution in [-0.2, 0) is 4.79 Å². The molecule has 0 saturated heterocycles. The van der Waals surface area contributed by atoms with Crippen molar-refractivity contribution in [3.63, 3.8) is 0 Å². The van der Waals surface area contributed by atoms with Crippen LogP contribution in [0.15, 0.2) is 18.2 Å². The monoisotopic (exact) mass is 223 g/mol. The fourth-order valence-electron chi connectivity index (χ4n) is 1.23. The van der Waals surface area contributed by atoms with Gasteiger partial charge in [-0.1, -0.05) is 6.07 Å². The first-order valence-corrected chi connectivity index (χ1v) is 5.02. The lowest BCUT2D eigenvalue weighted by Gasteiger charge is -2.18. The van der Waals surface area contributed by atoms with E-state index >= 15 is 0 Å². The van der Waals surface area contributed by atoms with Gasteiger partial charge >= 0.3 is 0 Å². The van der Waals surface area contributed by atoms with Gasteiger partial charge in [0.1, 0.15) is 11.6 Å². The highest BCUT2D eigenvalue weighted by molar-refractivity contribution is 5.76. The van der Waals surface area contributed by atoms with Gasteiger partial charge in [0.15, 0.2) is 0 Å². The molecule has 1 aromatic rings. The van der Waals surface area contributed by atoms with Crippen LogP contribution in [0.2, 0.25) is 0 Å². The Kier molecular flexibility index (Phi) is 4.53. The number of hydrogen-bond acceptors (Lipinski definition) is 5. The van der Waals surface area contributed by atoms with E-state index in [1.807, 2.05) is 24.1 Å². The second kappa shape index (κ2) is 5.92. The summed E-state index contributed by atoms with van der Waals surface area (Å²) in [7, 11) is 3.51. The highest BCUT2D eigenvalue weighted by Crippen LogP contribution is 2.12. The van der Waals surface area contributed by atoms with Crippen LogP contribution in [-0.4, -0.2) is 31.5 Å². The van der Waals surface area contributed by atoms with Gasteiger partial charge in [-0.2, -0.15) is 0 Å². The second-order valence-corrected chi connectivity index (χ2v) is 3.37. The van der Waals surface area contributed by atoms with Crippen LogP contribution in [0.5, 0.6) is 0 Å². The molecule has 0 atom stereocenters. The van der Waals surface area contributed by atoms with Crippen LogP contribution in [0.25, 0.3) is 0 Å². The predicted molar refractivity (Wildman–Crippen MR) is 64.0 cm³/mol. The van der Waals surface area contributed by atoms with Gasteiger partial charge in [-0.15, -0.1) is 0 Å². The van der Waals surface area contributed by atoms with Gasteiger partial charge in [-0.3, -0.25) is 4.79 Å². The van der Waals surface area contributed by atoms with E-state index < -0.39 is 0 Å². The van der Waals surface area contributed by atoms with Crippen LogP contribution in [0.4, 0.5) is 11.6 Å². The van der Waals surface area contributed by atoms with Crippen LogP contribution in [0.1, 0.15) is 6.42 Å². The molecule has 0 aromatic carbocycles. The number of nitrogens with one attached hydrogen (secondary N) is 2. The number of hydrazine groups is 1. The van der Waals surface area contributed by atoms with Crippen molar-refractivity contribution < 1.29 is 4.79 Å². The summed E-state index contributed by atoms with van der Waals surface area (Å²) in [5, 5.41) is 2.58. The van der Waals surface area contributed by atoms with Gasteiger partial charge < -0.3 is 15.6 Å². The van der Waals surface area contributed by atoms with E-state index in [9.17, 15) is 4.79 Å². The Morgan fingerprint density at radius 1 is 1.56 bits per heavy atom. The summed E-state index contributed by atoms with van der Waals surface area (Å²) in [4.78, 5) is 17.2. The third-order valence-corrected chi connectivity index (χ3v) is 2.23. The maximum atomic E-state index is 11.1. The number of hydrogen-bond donors (Lipinski definition) is 3. The normalized spacial score (nSPS) is 9.69. The highest BCUT2D eigenvalue weighted by atomic mass is 16.1. The third-order valence-electron chi connectivity index (χ3n) is 2.23. The number of aromatic nitrogens is 1. The van der Waals surface area contributed by atoms with Crippen LogP contribution < -0.4 is 21.5 Å². The molecule has 0 radical (unpaired) electrons. The lowest BCUT2D eigenvalue weighted by atomic mass is 10.3. The Morgan fingerprint density at radius 3 is 2.94 bits per heavy atom. The first-order chi connectivity index (χ1) is 7.67. The lowest BCUT2D eigenvalue weighted by molar-refractivity contribution is -0.120. The van der Waals surface area contributed by atoms with E-state index in [1.54, 1.807) is 13.1 Å². The number of carbonyl (C=O) groups is 1. The van der Waals surface area contributed by atoms with Crippen molar-refractivity contribution in [2.45, 2.75) is 6.42 Å². The maximum absolute atomic E-state index is 11.1. The van der Waals surface area contributed by atoms with Crippen LogP contribution in [0, 0.1) is 0 Å². The third kappa shape index (κ3) is 3.39. The molecule has 0 saturated carbocycles. The van der Waals surface area contributed by atoms with E-state index in [-0.39, 0.29) is 5.91 Å². The summed E-state index contributed by atoms with van der Waals surface area (Å²) in [6.45, 7) is 0.612. The molecule has 1 rings (SSSR count). The smallest absolute Gasteiger partial charge is 0.221 e. The Balaban J connectivity index is 2.58. The number of rotatable bonds is 5. The number of nitrogen functional groups attached to an aromatic ring is 1. The minimum Gasteiger partial charge on any atom is -0.359 e.